The first-order valence-electron chi connectivity index (χ1n) is 15.1. The molecule has 0 bridgehead atoms. The largest absolute Gasteiger partial charge is 0.494 e. The molecule has 11 heteroatoms. The van der Waals surface area contributed by atoms with E-state index in [-0.39, 0.29) is 25.0 Å². The summed E-state index contributed by atoms with van der Waals surface area (Å²) in [5.74, 6) is 0.507. The van der Waals surface area contributed by atoms with E-state index in [4.69, 9.17) is 24.3 Å². The molecule has 0 saturated heterocycles. The van der Waals surface area contributed by atoms with E-state index in [0.29, 0.717) is 55.2 Å². The summed E-state index contributed by atoms with van der Waals surface area (Å²) in [4.78, 5) is 22.2. The second kappa shape index (κ2) is 17.0. The van der Waals surface area contributed by atoms with Gasteiger partial charge in [0.25, 0.3) is 5.91 Å². The molecule has 45 heavy (non-hydrogen) atoms. The third-order valence-electron chi connectivity index (χ3n) is 7.04. The Hall–Kier alpha value is -4.67. The molecule has 3 aromatic rings. The molecule has 0 fully saturated rings. The van der Waals surface area contributed by atoms with Crippen LogP contribution in [0.15, 0.2) is 95.0 Å². The number of benzene rings is 3. The lowest BCUT2D eigenvalue weighted by Gasteiger charge is -2.30. The second-order valence-corrected chi connectivity index (χ2v) is 10.7. The molecule has 0 radical (unpaired) electrons. The number of azide groups is 1. The summed E-state index contributed by atoms with van der Waals surface area (Å²) in [6.07, 6.45) is 4.46. The van der Waals surface area contributed by atoms with Crippen molar-refractivity contribution in [1.82, 2.24) is 10.9 Å². The number of aliphatic hydroxyl groups is 1. The van der Waals surface area contributed by atoms with E-state index < -0.39 is 17.6 Å². The van der Waals surface area contributed by atoms with Gasteiger partial charge in [0.1, 0.15) is 5.75 Å². The fourth-order valence-electron chi connectivity index (χ4n) is 4.81. The van der Waals surface area contributed by atoms with E-state index in [1.54, 1.807) is 36.4 Å². The first kappa shape index (κ1) is 33.2. The quantitative estimate of drug-likeness (QED) is 0.0544. The molecule has 11 nitrogen and oxygen atoms in total. The predicted molar refractivity (Wildman–Crippen MR) is 174 cm³/mol. The predicted octanol–water partition coefficient (Wildman–Crippen LogP) is 6.19. The first-order chi connectivity index (χ1) is 22.0. The third-order valence-corrected chi connectivity index (χ3v) is 7.04. The number of carbonyl (C=O) groups excluding carboxylic acids is 1. The monoisotopic (exact) mass is 612 g/mol. The Morgan fingerprint density at radius 2 is 1.84 bits per heavy atom. The Kier molecular flexibility index (Phi) is 12.5. The molecule has 0 unspecified atom stereocenters. The van der Waals surface area contributed by atoms with E-state index >= 15 is 0 Å². The molecule has 236 valence electrons. The molecule has 1 aliphatic heterocycles. The van der Waals surface area contributed by atoms with Crippen LogP contribution in [-0.2, 0) is 14.3 Å². The van der Waals surface area contributed by atoms with Crippen LogP contribution in [-0.4, -0.2) is 54.9 Å². The van der Waals surface area contributed by atoms with Crippen molar-refractivity contribution >= 4 is 23.6 Å². The van der Waals surface area contributed by atoms with Gasteiger partial charge in [0.15, 0.2) is 11.6 Å². The summed E-state index contributed by atoms with van der Waals surface area (Å²) in [6.45, 7) is 5.43. The molecular formula is C34H40N6O5. The number of rotatable bonds is 17. The Labute approximate surface area is 263 Å². The van der Waals surface area contributed by atoms with Crippen molar-refractivity contribution in [3.63, 3.8) is 0 Å². The van der Waals surface area contributed by atoms with Crippen molar-refractivity contribution in [2.45, 2.75) is 50.9 Å². The molecule has 2 atom stereocenters. The normalized spacial score (nSPS) is 17.5. The molecule has 3 N–H and O–H groups in total. The van der Waals surface area contributed by atoms with Gasteiger partial charge >= 0.3 is 0 Å². The van der Waals surface area contributed by atoms with Gasteiger partial charge < -0.3 is 19.3 Å². The second-order valence-electron chi connectivity index (χ2n) is 10.7. The molecule has 0 aliphatic carbocycles. The fourth-order valence-corrected chi connectivity index (χ4v) is 4.81. The van der Waals surface area contributed by atoms with Crippen LogP contribution in [0, 0.1) is 0 Å². The molecule has 0 saturated carbocycles. The fraction of sp³-hybridized carbons (Fsp3) is 0.353. The zero-order chi connectivity index (χ0) is 31.9. The number of hydrogen-bond acceptors (Lipinski definition) is 8. The smallest absolute Gasteiger partial charge is 0.266 e. The Morgan fingerprint density at radius 1 is 1.09 bits per heavy atom. The number of nitrogens with zero attached hydrogens (tertiary/aromatic N) is 4. The van der Waals surface area contributed by atoms with E-state index in [1.165, 1.54) is 0 Å². The minimum atomic E-state index is -1.46. The summed E-state index contributed by atoms with van der Waals surface area (Å²) in [7, 11) is 0. The van der Waals surface area contributed by atoms with E-state index in [0.717, 1.165) is 5.56 Å². The number of hydrogen-bond donors (Lipinski definition) is 3. The van der Waals surface area contributed by atoms with E-state index in [1.807, 2.05) is 68.5 Å². The maximum absolute atomic E-state index is 14.2. The molecule has 1 aliphatic rings. The molecule has 3 aromatic carbocycles. The van der Waals surface area contributed by atoms with Crippen LogP contribution < -0.4 is 15.6 Å². The van der Waals surface area contributed by atoms with Gasteiger partial charge in [0.05, 0.1) is 12.7 Å². The highest BCUT2D eigenvalue weighted by atomic mass is 16.5. The highest BCUT2D eigenvalue weighted by Gasteiger charge is 2.53. The van der Waals surface area contributed by atoms with Crippen molar-refractivity contribution in [2.75, 3.05) is 26.4 Å². The topological polar surface area (TPSA) is 150 Å². The van der Waals surface area contributed by atoms with Gasteiger partial charge in [-0.15, -0.1) is 0 Å². The Morgan fingerprint density at radius 3 is 2.58 bits per heavy atom. The summed E-state index contributed by atoms with van der Waals surface area (Å²) < 4.78 is 17.8. The Bertz CT molecular complexity index is 1490. The highest BCUT2D eigenvalue weighted by Crippen LogP contribution is 2.45. The summed E-state index contributed by atoms with van der Waals surface area (Å²) in [6, 6.07) is 24.0. The van der Waals surface area contributed by atoms with Crippen LogP contribution in [0.2, 0.25) is 0 Å². The molecule has 1 amide bonds. The van der Waals surface area contributed by atoms with Gasteiger partial charge in [-0.3, -0.25) is 10.2 Å². The minimum Gasteiger partial charge on any atom is -0.494 e. The molecule has 0 spiro atoms. The number of nitrogens with one attached hydrogen (secondary N) is 2. The van der Waals surface area contributed by atoms with Crippen molar-refractivity contribution in [3.05, 3.63) is 112 Å². The maximum Gasteiger partial charge on any atom is 0.266 e. The lowest BCUT2D eigenvalue weighted by Crippen LogP contribution is -2.52. The van der Waals surface area contributed by atoms with Crippen LogP contribution in [0.3, 0.4) is 0 Å². The number of carbonyl (C=O) groups is 1. The lowest BCUT2D eigenvalue weighted by molar-refractivity contribution is -0.129. The molecule has 4 rings (SSSR count). The van der Waals surface area contributed by atoms with Gasteiger partial charge in [-0.25, -0.2) is 10.4 Å². The maximum atomic E-state index is 14.2. The van der Waals surface area contributed by atoms with E-state index in [9.17, 15) is 10.3 Å². The van der Waals surface area contributed by atoms with Crippen LogP contribution >= 0.6 is 0 Å². The van der Waals surface area contributed by atoms with Crippen molar-refractivity contribution in [3.8, 4) is 5.75 Å². The number of aliphatic hydroxyl groups excluding tert-OH is 1. The van der Waals surface area contributed by atoms with Gasteiger partial charge in [-0.2, -0.15) is 0 Å². The summed E-state index contributed by atoms with van der Waals surface area (Å²) in [5.41, 5.74) is 16.2. The van der Waals surface area contributed by atoms with Crippen LogP contribution in [0.1, 0.15) is 55.9 Å². The van der Waals surface area contributed by atoms with Gasteiger partial charge in [-0.1, -0.05) is 71.9 Å². The highest BCUT2D eigenvalue weighted by molar-refractivity contribution is 6.01. The number of aliphatic imine (C=N–C) groups is 1. The molecular weight excluding hydrogens is 572 g/mol. The SMILES string of the molecule is CC(C)OCCCNNC(=O)[C@@]1(C/C=C/c2ccccc2)N=C(c2ccc(OCCCO)cc2)O[C@H]1c1ccccc1N=[N+]=[N-]. The average molecular weight is 613 g/mol. The van der Waals surface area contributed by atoms with Crippen LogP contribution in [0.5, 0.6) is 5.75 Å². The zero-order valence-corrected chi connectivity index (χ0v) is 25.6. The van der Waals surface area contributed by atoms with Gasteiger partial charge in [0.2, 0.25) is 5.90 Å². The molecule has 0 aromatic heterocycles. The van der Waals surface area contributed by atoms with Crippen molar-refractivity contribution in [1.29, 1.82) is 0 Å². The van der Waals surface area contributed by atoms with E-state index in [2.05, 4.69) is 20.9 Å². The van der Waals surface area contributed by atoms with Gasteiger partial charge in [-0.05, 0) is 55.6 Å². The number of amides is 1. The van der Waals surface area contributed by atoms with Crippen molar-refractivity contribution in [2.24, 2.45) is 10.1 Å². The molecule has 1 heterocycles. The van der Waals surface area contributed by atoms with Gasteiger partial charge in [0, 0.05) is 54.3 Å². The van der Waals surface area contributed by atoms with Crippen molar-refractivity contribution < 1.29 is 24.1 Å². The average Bonchev–Trinajstić information content (AvgIpc) is 3.44. The number of ether oxygens (including phenoxy) is 3. The third kappa shape index (κ3) is 9.17. The first-order valence-corrected chi connectivity index (χ1v) is 15.1. The summed E-state index contributed by atoms with van der Waals surface area (Å²) in [5, 5.41) is 12.9. The standard InChI is InChI=1S/C34H40N6O5/c1-25(2)43-23-9-21-36-39-33(42)34(20-8-13-26-11-4-3-5-12-26)31(29-14-6-7-15-30(29)38-40-35)45-32(37-34)27-16-18-28(19-17-27)44-24-10-22-41/h3-8,11-19,25,31,36,41H,9-10,20-24H2,1-2H3,(H,39,42)/b13-8+/t31-,34-/m0/s1. The number of hydrazine groups is 1. The minimum absolute atomic E-state index is 0.0465. The van der Waals surface area contributed by atoms with Crippen LogP contribution in [0.4, 0.5) is 5.69 Å². The Balaban J connectivity index is 1.71. The van der Waals surface area contributed by atoms with Crippen LogP contribution in [0.25, 0.3) is 16.5 Å². The lowest BCUT2D eigenvalue weighted by atomic mass is 9.83. The zero-order valence-electron chi connectivity index (χ0n) is 25.6. The summed E-state index contributed by atoms with van der Waals surface area (Å²) >= 11 is 0.